The Kier molecular flexibility index (Phi) is 9.41. The number of carbonyl (C=O) groups excluding carboxylic acids is 2. The zero-order valence-corrected chi connectivity index (χ0v) is 24.7. The molecule has 43 heavy (non-hydrogen) atoms. The fourth-order valence-corrected chi connectivity index (χ4v) is 5.27. The summed E-state index contributed by atoms with van der Waals surface area (Å²) in [4.78, 5) is 44.5. The van der Waals surface area contributed by atoms with Crippen molar-refractivity contribution in [1.82, 2.24) is 9.80 Å². The molecule has 1 fully saturated rings. The number of aryl methyl sites for hydroxylation is 1. The fraction of sp³-hybridized carbons (Fsp3) is 0.324. The van der Waals surface area contributed by atoms with Crippen molar-refractivity contribution in [3.05, 3.63) is 105 Å². The minimum atomic E-state index is -0.346. The third-order valence-corrected chi connectivity index (χ3v) is 7.59. The maximum absolute atomic E-state index is 14.1. The molecular formula is C34H36N2O7. The van der Waals surface area contributed by atoms with Gasteiger partial charge in [0.1, 0.15) is 23.6 Å². The number of carbonyl (C=O) groups is 2. The van der Waals surface area contributed by atoms with Crippen LogP contribution in [-0.2, 0) is 22.6 Å². The van der Waals surface area contributed by atoms with E-state index in [1.807, 2.05) is 43.3 Å². The normalized spacial score (nSPS) is 14.4. The Labute approximate surface area is 250 Å². The van der Waals surface area contributed by atoms with Crippen molar-refractivity contribution < 1.29 is 28.2 Å². The van der Waals surface area contributed by atoms with Crippen LogP contribution in [0.1, 0.15) is 39.9 Å². The third-order valence-electron chi connectivity index (χ3n) is 7.59. The molecule has 0 saturated carbocycles. The zero-order chi connectivity index (χ0) is 30.3. The van der Waals surface area contributed by atoms with Gasteiger partial charge in [0, 0.05) is 31.3 Å². The van der Waals surface area contributed by atoms with Crippen LogP contribution in [-0.4, -0.2) is 61.6 Å². The molecule has 2 amide bonds. The monoisotopic (exact) mass is 584 g/mol. The van der Waals surface area contributed by atoms with Crippen LogP contribution in [0.25, 0.3) is 11.0 Å². The highest BCUT2D eigenvalue weighted by atomic mass is 16.5. The van der Waals surface area contributed by atoms with Crippen molar-refractivity contribution in [3.8, 4) is 11.5 Å². The Morgan fingerprint density at radius 1 is 0.930 bits per heavy atom. The number of methoxy groups -OCH3 is 2. The van der Waals surface area contributed by atoms with Crippen molar-refractivity contribution in [2.45, 2.75) is 39.0 Å². The molecule has 1 aliphatic rings. The van der Waals surface area contributed by atoms with E-state index in [4.69, 9.17) is 18.6 Å². The van der Waals surface area contributed by atoms with E-state index in [1.165, 1.54) is 25.4 Å². The van der Waals surface area contributed by atoms with Gasteiger partial charge in [-0.2, -0.15) is 0 Å². The molecule has 9 nitrogen and oxygen atoms in total. The van der Waals surface area contributed by atoms with E-state index in [-0.39, 0.29) is 49.5 Å². The summed E-state index contributed by atoms with van der Waals surface area (Å²) in [6.45, 7) is 2.85. The molecule has 0 spiro atoms. The quantitative estimate of drug-likeness (QED) is 0.246. The molecule has 1 atom stereocenters. The predicted octanol–water partition coefficient (Wildman–Crippen LogP) is 4.97. The lowest BCUT2D eigenvalue weighted by atomic mass is 10.1. The van der Waals surface area contributed by atoms with Gasteiger partial charge in [-0.15, -0.1) is 0 Å². The highest BCUT2D eigenvalue weighted by molar-refractivity contribution is 5.97. The Morgan fingerprint density at radius 3 is 2.35 bits per heavy atom. The molecule has 1 aromatic heterocycles. The van der Waals surface area contributed by atoms with Crippen molar-refractivity contribution >= 4 is 22.8 Å². The van der Waals surface area contributed by atoms with Gasteiger partial charge in [-0.25, -0.2) is 0 Å². The molecule has 4 aromatic rings. The topological polar surface area (TPSA) is 98.5 Å². The van der Waals surface area contributed by atoms with Crippen LogP contribution in [0.4, 0.5) is 0 Å². The summed E-state index contributed by atoms with van der Waals surface area (Å²) in [5.74, 6) is 0.278. The van der Waals surface area contributed by atoms with E-state index in [9.17, 15) is 14.4 Å². The Hall–Kier alpha value is -4.63. The molecule has 1 aliphatic heterocycles. The van der Waals surface area contributed by atoms with Gasteiger partial charge in [0.15, 0.2) is 5.43 Å². The van der Waals surface area contributed by atoms with Crippen LogP contribution in [0.5, 0.6) is 11.5 Å². The second-order valence-electron chi connectivity index (χ2n) is 10.7. The molecule has 224 valence electrons. The molecule has 1 saturated heterocycles. The lowest BCUT2D eigenvalue weighted by Crippen LogP contribution is -2.45. The van der Waals surface area contributed by atoms with Gasteiger partial charge in [-0.3, -0.25) is 14.4 Å². The summed E-state index contributed by atoms with van der Waals surface area (Å²) in [6.07, 6.45) is 2.93. The summed E-state index contributed by atoms with van der Waals surface area (Å²) >= 11 is 0. The van der Waals surface area contributed by atoms with Gasteiger partial charge >= 0.3 is 0 Å². The fourth-order valence-electron chi connectivity index (χ4n) is 5.27. The highest BCUT2D eigenvalue weighted by Crippen LogP contribution is 2.25. The van der Waals surface area contributed by atoms with Gasteiger partial charge in [0.2, 0.25) is 5.91 Å². The number of ether oxygens (including phenoxy) is 3. The van der Waals surface area contributed by atoms with Crippen LogP contribution in [0, 0.1) is 6.92 Å². The summed E-state index contributed by atoms with van der Waals surface area (Å²) in [6, 6.07) is 19.9. The van der Waals surface area contributed by atoms with E-state index < -0.39 is 0 Å². The molecule has 9 heteroatoms. The van der Waals surface area contributed by atoms with E-state index in [0.29, 0.717) is 40.2 Å². The molecule has 3 aromatic carbocycles. The van der Waals surface area contributed by atoms with Gasteiger partial charge in [0.05, 0.1) is 44.1 Å². The number of nitrogens with zero attached hydrogens (tertiary/aromatic N) is 2. The second kappa shape index (κ2) is 13.6. The van der Waals surface area contributed by atoms with Crippen LogP contribution >= 0.6 is 0 Å². The first-order valence-corrected chi connectivity index (χ1v) is 14.3. The molecule has 0 radical (unpaired) electrons. The first-order chi connectivity index (χ1) is 20.8. The zero-order valence-electron chi connectivity index (χ0n) is 24.7. The number of rotatable bonds is 11. The van der Waals surface area contributed by atoms with E-state index in [0.717, 1.165) is 24.0 Å². The molecule has 0 N–H and O–H groups in total. The minimum absolute atomic E-state index is 0.0227. The van der Waals surface area contributed by atoms with Gasteiger partial charge < -0.3 is 28.4 Å². The molecule has 0 bridgehead atoms. The average Bonchev–Trinajstić information content (AvgIpc) is 3.55. The average molecular weight is 585 g/mol. The number of hydrogen-bond acceptors (Lipinski definition) is 7. The summed E-state index contributed by atoms with van der Waals surface area (Å²) in [7, 11) is 3.03. The van der Waals surface area contributed by atoms with Gasteiger partial charge in [-0.1, -0.05) is 42.0 Å². The first-order valence-electron chi connectivity index (χ1n) is 14.3. The van der Waals surface area contributed by atoms with Crippen molar-refractivity contribution in [3.63, 3.8) is 0 Å². The minimum Gasteiger partial charge on any atom is -0.497 e. The Bertz CT molecular complexity index is 1620. The van der Waals surface area contributed by atoms with Gasteiger partial charge in [0.25, 0.3) is 5.91 Å². The van der Waals surface area contributed by atoms with Crippen LogP contribution in [0.3, 0.4) is 0 Å². The number of hydrogen-bond donors (Lipinski definition) is 0. The van der Waals surface area contributed by atoms with Crippen molar-refractivity contribution in [1.29, 1.82) is 0 Å². The maximum atomic E-state index is 14.1. The Balaban J connectivity index is 1.46. The number of fused-ring (bicyclic) bond motifs is 1. The standard InChI is InChI=1S/C34H36N2O7/c1-23-11-12-31-30(14-23)33(38)26(22-43-31)19-35(18-24-8-5-4-6-9-24)32(37)21-36(20-27-10-7-13-42-27)34(39)25-15-28(40-2)17-29(16-25)41-3/h4-6,8-9,11-12,14-17,22,27H,7,10,13,18-21H2,1-3H3. The Morgan fingerprint density at radius 2 is 1.67 bits per heavy atom. The molecular weight excluding hydrogens is 548 g/mol. The number of benzene rings is 3. The predicted molar refractivity (Wildman–Crippen MR) is 162 cm³/mol. The maximum Gasteiger partial charge on any atom is 0.254 e. The molecule has 0 aliphatic carbocycles. The summed E-state index contributed by atoms with van der Waals surface area (Å²) in [5.41, 5.74) is 2.83. The van der Waals surface area contributed by atoms with E-state index >= 15 is 0 Å². The van der Waals surface area contributed by atoms with Crippen molar-refractivity contribution in [2.75, 3.05) is 33.9 Å². The van der Waals surface area contributed by atoms with E-state index in [2.05, 4.69) is 0 Å². The van der Waals surface area contributed by atoms with Crippen molar-refractivity contribution in [2.24, 2.45) is 0 Å². The largest absolute Gasteiger partial charge is 0.497 e. The van der Waals surface area contributed by atoms with E-state index in [1.54, 1.807) is 35.2 Å². The third kappa shape index (κ3) is 7.24. The second-order valence-corrected chi connectivity index (χ2v) is 10.7. The number of amides is 2. The molecule has 1 unspecified atom stereocenters. The van der Waals surface area contributed by atoms with Crippen LogP contribution < -0.4 is 14.9 Å². The van der Waals surface area contributed by atoms with Crippen LogP contribution in [0.2, 0.25) is 0 Å². The lowest BCUT2D eigenvalue weighted by molar-refractivity contribution is -0.133. The first kappa shape index (κ1) is 29.8. The summed E-state index contributed by atoms with van der Waals surface area (Å²) < 4.78 is 22.4. The SMILES string of the molecule is COc1cc(OC)cc(C(=O)N(CC(=O)N(Cc2ccccc2)Cc2coc3ccc(C)cc3c2=O)CC2CCCO2)c1. The van der Waals surface area contributed by atoms with Gasteiger partial charge in [-0.05, 0) is 49.6 Å². The van der Waals surface area contributed by atoms with Crippen LogP contribution in [0.15, 0.2) is 82.2 Å². The molecule has 2 heterocycles. The summed E-state index contributed by atoms with van der Waals surface area (Å²) in [5, 5.41) is 0.465. The highest BCUT2D eigenvalue weighted by Gasteiger charge is 2.28. The lowest BCUT2D eigenvalue weighted by Gasteiger charge is -2.29. The smallest absolute Gasteiger partial charge is 0.254 e. The molecule has 5 rings (SSSR count).